The molecule has 1 saturated heterocycles. The summed E-state index contributed by atoms with van der Waals surface area (Å²) in [7, 11) is 0. The molecule has 3 aliphatic rings. The Kier molecular flexibility index (Phi) is 5.57. The van der Waals surface area contributed by atoms with Crippen molar-refractivity contribution >= 4 is 16.7 Å². The maximum absolute atomic E-state index is 13.2. The third kappa shape index (κ3) is 4.20. The molecule has 0 aromatic heterocycles. The van der Waals surface area contributed by atoms with E-state index in [0.717, 1.165) is 61.0 Å². The van der Waals surface area contributed by atoms with Crippen LogP contribution >= 0.6 is 0 Å². The predicted molar refractivity (Wildman–Crippen MR) is 136 cm³/mol. The summed E-state index contributed by atoms with van der Waals surface area (Å²) in [6.07, 6.45) is 6.94. The fourth-order valence-corrected chi connectivity index (χ4v) is 6.59. The highest BCUT2D eigenvalue weighted by molar-refractivity contribution is 5.98. The predicted octanol–water partition coefficient (Wildman–Crippen LogP) is 5.50. The number of hydrogen-bond acceptors (Lipinski definition) is 3. The lowest BCUT2D eigenvalue weighted by atomic mass is 9.58. The number of nitrogens with one attached hydrogen (secondary N) is 1. The van der Waals surface area contributed by atoms with Crippen molar-refractivity contribution < 1.29 is 9.90 Å². The van der Waals surface area contributed by atoms with Gasteiger partial charge in [-0.3, -0.25) is 4.79 Å². The highest BCUT2D eigenvalue weighted by atomic mass is 16.3. The molecular weight excluding hydrogens is 420 g/mol. The van der Waals surface area contributed by atoms with Crippen molar-refractivity contribution in [2.24, 2.45) is 11.8 Å². The van der Waals surface area contributed by atoms with Crippen molar-refractivity contribution in [2.45, 2.75) is 50.0 Å². The Hall–Kier alpha value is -2.85. The van der Waals surface area contributed by atoms with Crippen LogP contribution in [0, 0.1) is 11.8 Å². The largest absolute Gasteiger partial charge is 0.508 e. The number of nitrogens with zero attached hydrogens (tertiary/aromatic N) is 1. The van der Waals surface area contributed by atoms with Gasteiger partial charge in [-0.1, -0.05) is 42.5 Å². The third-order valence-corrected chi connectivity index (χ3v) is 8.59. The summed E-state index contributed by atoms with van der Waals surface area (Å²) in [6.45, 7) is 3.49. The van der Waals surface area contributed by atoms with E-state index in [4.69, 9.17) is 0 Å². The van der Waals surface area contributed by atoms with E-state index >= 15 is 0 Å². The Bertz CT molecular complexity index is 1200. The highest BCUT2D eigenvalue weighted by Gasteiger charge is 2.48. The van der Waals surface area contributed by atoms with Gasteiger partial charge in [0.25, 0.3) is 5.91 Å². The van der Waals surface area contributed by atoms with Crippen molar-refractivity contribution in [3.63, 3.8) is 0 Å². The number of phenolic OH excluding ortho intramolecular Hbond substituents is 1. The summed E-state index contributed by atoms with van der Waals surface area (Å²) in [5.41, 5.74) is 1.98. The summed E-state index contributed by atoms with van der Waals surface area (Å²) in [4.78, 5) is 15.9. The number of carbonyl (C=O) groups excluding carboxylic acids is 1. The average Bonchev–Trinajstić information content (AvgIpc) is 3.68. The van der Waals surface area contributed by atoms with Crippen molar-refractivity contribution in [2.75, 3.05) is 19.6 Å². The van der Waals surface area contributed by atoms with Crippen molar-refractivity contribution in [3.8, 4) is 5.75 Å². The summed E-state index contributed by atoms with van der Waals surface area (Å²) in [6, 6.07) is 22.2. The molecule has 0 radical (unpaired) electrons. The zero-order valence-corrected chi connectivity index (χ0v) is 19.7. The van der Waals surface area contributed by atoms with Gasteiger partial charge in [0.05, 0.1) is 0 Å². The van der Waals surface area contributed by atoms with E-state index in [1.165, 1.54) is 24.9 Å². The van der Waals surface area contributed by atoms with Crippen LogP contribution in [0.15, 0.2) is 66.7 Å². The number of likely N-dealkylation sites (tertiary alicyclic amines) is 1. The molecule has 3 aromatic carbocycles. The number of carbonyl (C=O) groups is 1. The molecule has 1 heterocycles. The van der Waals surface area contributed by atoms with Crippen LogP contribution in [0.2, 0.25) is 0 Å². The maximum atomic E-state index is 13.2. The molecule has 2 aliphatic carbocycles. The molecule has 4 nitrogen and oxygen atoms in total. The SMILES string of the molecule is O=C(N[C@H]1CC[C@@H]2CN(CC3CC3)CC[C@@]2(c2cccc(O)c2)C1)c1ccc2ccccc2c1. The van der Waals surface area contributed by atoms with E-state index in [9.17, 15) is 9.90 Å². The molecule has 34 heavy (non-hydrogen) atoms. The van der Waals surface area contributed by atoms with Crippen LogP contribution in [0.1, 0.15) is 54.4 Å². The first-order valence-corrected chi connectivity index (χ1v) is 12.9. The minimum Gasteiger partial charge on any atom is -0.508 e. The average molecular weight is 455 g/mol. The first kappa shape index (κ1) is 21.7. The molecule has 0 unspecified atom stereocenters. The Balaban J connectivity index is 1.23. The van der Waals surface area contributed by atoms with E-state index in [-0.39, 0.29) is 17.4 Å². The van der Waals surface area contributed by atoms with Gasteiger partial charge in [-0.2, -0.15) is 0 Å². The smallest absolute Gasteiger partial charge is 0.251 e. The summed E-state index contributed by atoms with van der Waals surface area (Å²) >= 11 is 0. The van der Waals surface area contributed by atoms with Crippen LogP contribution in [-0.4, -0.2) is 41.6 Å². The van der Waals surface area contributed by atoms with Gasteiger partial charge in [0.1, 0.15) is 5.75 Å². The highest BCUT2D eigenvalue weighted by Crippen LogP contribution is 2.50. The molecule has 0 spiro atoms. The number of phenols is 1. The van der Waals surface area contributed by atoms with Crippen molar-refractivity contribution in [1.29, 1.82) is 0 Å². The molecule has 3 atom stereocenters. The fraction of sp³-hybridized carbons (Fsp3) is 0.433. The molecule has 3 aromatic rings. The van der Waals surface area contributed by atoms with Crippen molar-refractivity contribution in [3.05, 3.63) is 77.9 Å². The minimum absolute atomic E-state index is 0.0123. The molecule has 0 bridgehead atoms. The Morgan fingerprint density at radius 3 is 2.65 bits per heavy atom. The lowest BCUT2D eigenvalue weighted by molar-refractivity contribution is 0.0403. The van der Waals surface area contributed by atoms with Gasteiger partial charge < -0.3 is 15.3 Å². The van der Waals surface area contributed by atoms with E-state index in [0.29, 0.717) is 11.7 Å². The van der Waals surface area contributed by atoms with E-state index < -0.39 is 0 Å². The quantitative estimate of drug-likeness (QED) is 0.535. The summed E-state index contributed by atoms with van der Waals surface area (Å²) < 4.78 is 0. The number of amides is 1. The molecule has 2 saturated carbocycles. The van der Waals surface area contributed by atoms with E-state index in [1.54, 1.807) is 6.07 Å². The third-order valence-electron chi connectivity index (χ3n) is 8.59. The van der Waals surface area contributed by atoms with Crippen LogP contribution in [0.25, 0.3) is 10.8 Å². The van der Waals surface area contributed by atoms with Crippen LogP contribution in [0.5, 0.6) is 5.75 Å². The Labute approximate surface area is 202 Å². The van der Waals surface area contributed by atoms with E-state index in [2.05, 4.69) is 28.4 Å². The van der Waals surface area contributed by atoms with Gasteiger partial charge in [0, 0.05) is 30.1 Å². The number of aromatic hydroxyl groups is 1. The molecule has 1 amide bonds. The first-order valence-electron chi connectivity index (χ1n) is 12.9. The number of fused-ring (bicyclic) bond motifs is 2. The molecule has 6 rings (SSSR count). The number of piperidine rings is 1. The summed E-state index contributed by atoms with van der Waals surface area (Å²) in [5.74, 6) is 1.83. The van der Waals surface area contributed by atoms with Gasteiger partial charge in [-0.15, -0.1) is 0 Å². The lowest BCUT2D eigenvalue weighted by Crippen LogP contribution is -2.56. The molecule has 3 fully saturated rings. The molecule has 2 N–H and O–H groups in total. The van der Waals surface area contributed by atoms with Gasteiger partial charge in [-0.25, -0.2) is 0 Å². The van der Waals surface area contributed by atoms with Gasteiger partial charge >= 0.3 is 0 Å². The van der Waals surface area contributed by atoms with E-state index in [1.807, 2.05) is 42.5 Å². The number of rotatable bonds is 5. The molecule has 1 aliphatic heterocycles. The van der Waals surface area contributed by atoms with Crippen LogP contribution in [0.3, 0.4) is 0 Å². The van der Waals surface area contributed by atoms with Crippen LogP contribution in [0.4, 0.5) is 0 Å². The second-order valence-corrected chi connectivity index (χ2v) is 10.9. The molecule has 4 heteroatoms. The zero-order valence-electron chi connectivity index (χ0n) is 19.7. The fourth-order valence-electron chi connectivity index (χ4n) is 6.59. The first-order chi connectivity index (χ1) is 16.6. The topological polar surface area (TPSA) is 52.6 Å². The van der Waals surface area contributed by atoms with Crippen molar-refractivity contribution in [1.82, 2.24) is 10.2 Å². The monoisotopic (exact) mass is 454 g/mol. The molecular formula is C30H34N2O2. The zero-order chi connectivity index (χ0) is 23.1. The Morgan fingerprint density at radius 2 is 1.82 bits per heavy atom. The number of hydrogen-bond donors (Lipinski definition) is 2. The number of benzene rings is 3. The Morgan fingerprint density at radius 1 is 0.971 bits per heavy atom. The second kappa shape index (κ2) is 8.74. The maximum Gasteiger partial charge on any atom is 0.251 e. The second-order valence-electron chi connectivity index (χ2n) is 10.9. The minimum atomic E-state index is 0.0123. The van der Waals surface area contributed by atoms with Crippen LogP contribution in [-0.2, 0) is 5.41 Å². The van der Waals surface area contributed by atoms with Gasteiger partial charge in [0.2, 0.25) is 0 Å². The normalized spacial score (nSPS) is 27.3. The standard InChI is InChI=1S/C30H34N2O2/c33-28-7-3-6-25(17-28)30-14-15-32(19-21-8-9-21)20-26(30)12-13-27(18-30)31-29(34)24-11-10-22-4-1-2-5-23(22)16-24/h1-7,10-11,16-17,21,26-27,33H,8-9,12-15,18-20H2,(H,31,34)/t26-,27+,30+/m1/s1. The van der Waals surface area contributed by atoms with Crippen LogP contribution < -0.4 is 5.32 Å². The molecule has 176 valence electrons. The van der Waals surface area contributed by atoms with Gasteiger partial charge in [0.15, 0.2) is 0 Å². The summed E-state index contributed by atoms with van der Waals surface area (Å²) in [5, 5.41) is 15.9. The van der Waals surface area contributed by atoms with Gasteiger partial charge in [-0.05, 0) is 97.5 Å². The lowest BCUT2D eigenvalue weighted by Gasteiger charge is -2.53.